The summed E-state index contributed by atoms with van der Waals surface area (Å²) in [6.45, 7) is 1.04. The predicted molar refractivity (Wildman–Crippen MR) is 110 cm³/mol. The second kappa shape index (κ2) is 10.4. The van der Waals surface area contributed by atoms with Gasteiger partial charge in [-0.25, -0.2) is 0 Å². The lowest BCUT2D eigenvalue weighted by Crippen LogP contribution is -2.42. The Balaban J connectivity index is 1.44. The summed E-state index contributed by atoms with van der Waals surface area (Å²) < 4.78 is 43.3. The van der Waals surface area contributed by atoms with Gasteiger partial charge in [0.15, 0.2) is 11.5 Å². The lowest BCUT2D eigenvalue weighted by atomic mass is 10.1. The van der Waals surface area contributed by atoms with E-state index in [9.17, 15) is 13.9 Å². The number of halogens is 2. The Hall–Kier alpha value is -2.23. The summed E-state index contributed by atoms with van der Waals surface area (Å²) in [5.41, 5.74) is 1.43. The molecule has 0 radical (unpaired) electrons. The zero-order valence-corrected chi connectivity index (χ0v) is 17.5. The second-order valence-electron chi connectivity index (χ2n) is 8.05. The fraction of sp³-hybridized carbons (Fsp3) is 0.591. The highest BCUT2D eigenvalue weighted by Crippen LogP contribution is 2.36. The molecule has 4 rings (SSSR count). The monoisotopic (exact) mass is 437 g/mol. The van der Waals surface area contributed by atoms with Gasteiger partial charge in [0.05, 0.1) is 37.7 Å². The van der Waals surface area contributed by atoms with Crippen LogP contribution in [0.25, 0.3) is 11.3 Å². The fourth-order valence-corrected chi connectivity index (χ4v) is 4.11. The number of hydrogen-bond donors (Lipinski definition) is 1. The largest absolute Gasteiger partial charge is 0.487 e. The van der Waals surface area contributed by atoms with Crippen LogP contribution in [0.3, 0.4) is 0 Å². The molecule has 170 valence electrons. The number of aromatic nitrogens is 2. The van der Waals surface area contributed by atoms with E-state index in [0.29, 0.717) is 37.7 Å². The smallest absolute Gasteiger partial charge is 0.387 e. The lowest BCUT2D eigenvalue weighted by Gasteiger charge is -2.28. The third kappa shape index (κ3) is 6.15. The zero-order chi connectivity index (χ0) is 21.6. The Morgan fingerprint density at radius 2 is 1.87 bits per heavy atom. The molecule has 2 fully saturated rings. The molecule has 2 aromatic rings. The van der Waals surface area contributed by atoms with Gasteiger partial charge < -0.3 is 19.3 Å². The van der Waals surface area contributed by atoms with Crippen LogP contribution in [-0.2, 0) is 11.3 Å². The maximum absolute atomic E-state index is 12.8. The third-order valence-electron chi connectivity index (χ3n) is 5.66. The van der Waals surface area contributed by atoms with E-state index < -0.39 is 12.7 Å². The van der Waals surface area contributed by atoms with Gasteiger partial charge >= 0.3 is 6.61 Å². The van der Waals surface area contributed by atoms with Crippen molar-refractivity contribution in [3.63, 3.8) is 0 Å². The van der Waals surface area contributed by atoms with E-state index in [1.54, 1.807) is 23.0 Å². The molecule has 0 amide bonds. The Morgan fingerprint density at radius 1 is 1.10 bits per heavy atom. The molecule has 7 nitrogen and oxygen atoms in total. The molecule has 31 heavy (non-hydrogen) atoms. The molecule has 0 spiro atoms. The molecule has 1 unspecified atom stereocenters. The number of aliphatic hydroxyl groups excluding tert-OH is 1. The number of β-amino-alcohol motifs (C(OH)–C–C–N with tert-alkyl or cyclic N) is 1. The molecule has 1 atom stereocenters. The van der Waals surface area contributed by atoms with Crippen molar-refractivity contribution in [2.45, 2.75) is 51.0 Å². The van der Waals surface area contributed by atoms with Crippen molar-refractivity contribution < 1.29 is 28.1 Å². The van der Waals surface area contributed by atoms with Gasteiger partial charge in [-0.1, -0.05) is 0 Å². The standard InChI is InChI=1S/C22H29F2N3O4/c23-22(24)31-20-6-5-16(13-21(20)30-18-3-1-2-4-18)19-7-8-27(25-19)15-17(28)14-26-9-11-29-12-10-26/h5-8,13,17-18,22,28H,1-4,9-12,14-15H2. The summed E-state index contributed by atoms with van der Waals surface area (Å²) in [6, 6.07) is 6.73. The van der Waals surface area contributed by atoms with E-state index in [1.807, 2.05) is 6.07 Å². The van der Waals surface area contributed by atoms with Crippen molar-refractivity contribution in [3.8, 4) is 22.8 Å². The first-order chi connectivity index (χ1) is 15.1. The van der Waals surface area contributed by atoms with Crippen LogP contribution < -0.4 is 9.47 Å². The molecule has 2 aliphatic rings. The predicted octanol–water partition coefficient (Wildman–Crippen LogP) is 3.17. The van der Waals surface area contributed by atoms with Gasteiger partial charge in [-0.2, -0.15) is 13.9 Å². The highest BCUT2D eigenvalue weighted by Gasteiger charge is 2.21. The summed E-state index contributed by atoms with van der Waals surface area (Å²) in [6.07, 6.45) is 5.25. The molecule has 1 aromatic heterocycles. The topological polar surface area (TPSA) is 69.0 Å². The minimum Gasteiger partial charge on any atom is -0.487 e. The molecular weight excluding hydrogens is 408 g/mol. The molecule has 0 bridgehead atoms. The maximum atomic E-state index is 12.8. The summed E-state index contributed by atoms with van der Waals surface area (Å²) >= 11 is 0. The van der Waals surface area contributed by atoms with E-state index in [0.717, 1.165) is 44.3 Å². The number of ether oxygens (including phenoxy) is 3. The molecule has 1 saturated heterocycles. The summed E-state index contributed by atoms with van der Waals surface area (Å²) in [7, 11) is 0. The normalized spacial score (nSPS) is 19.1. The quantitative estimate of drug-likeness (QED) is 0.650. The van der Waals surface area contributed by atoms with Gasteiger partial charge in [-0.05, 0) is 49.9 Å². The molecule has 1 aliphatic heterocycles. The number of morpholine rings is 1. The molecule has 1 aromatic carbocycles. The van der Waals surface area contributed by atoms with Gasteiger partial charge in [0.2, 0.25) is 0 Å². The Morgan fingerprint density at radius 3 is 2.61 bits per heavy atom. The van der Waals surface area contributed by atoms with Gasteiger partial charge in [0, 0.05) is 31.4 Å². The van der Waals surface area contributed by atoms with Crippen LogP contribution in [0.1, 0.15) is 25.7 Å². The van der Waals surface area contributed by atoms with Crippen LogP contribution in [0.2, 0.25) is 0 Å². The van der Waals surface area contributed by atoms with Crippen molar-refractivity contribution in [3.05, 3.63) is 30.5 Å². The van der Waals surface area contributed by atoms with Crippen LogP contribution in [0.5, 0.6) is 11.5 Å². The van der Waals surface area contributed by atoms with Crippen molar-refractivity contribution >= 4 is 0 Å². The molecule has 1 saturated carbocycles. The van der Waals surface area contributed by atoms with Crippen molar-refractivity contribution in [1.82, 2.24) is 14.7 Å². The van der Waals surface area contributed by atoms with Crippen LogP contribution in [0, 0.1) is 0 Å². The molecule has 9 heteroatoms. The minimum absolute atomic E-state index is 0.0168. The molecule has 2 heterocycles. The average Bonchev–Trinajstić information content (AvgIpc) is 3.42. The summed E-state index contributed by atoms with van der Waals surface area (Å²) in [5.74, 6) is 0.345. The highest BCUT2D eigenvalue weighted by molar-refractivity contribution is 5.63. The van der Waals surface area contributed by atoms with Gasteiger partial charge in [0.25, 0.3) is 0 Å². The number of hydrogen-bond acceptors (Lipinski definition) is 6. The number of rotatable bonds is 9. The Bertz CT molecular complexity index is 836. The third-order valence-corrected chi connectivity index (χ3v) is 5.66. The SMILES string of the molecule is OC(CN1CCOCC1)Cn1ccc(-c2ccc(OC(F)F)c(OC3CCCC3)c2)n1. The number of aliphatic hydroxyl groups is 1. The lowest BCUT2D eigenvalue weighted by molar-refractivity contribution is -0.0520. The highest BCUT2D eigenvalue weighted by atomic mass is 19.3. The van der Waals surface area contributed by atoms with Crippen molar-refractivity contribution in [2.24, 2.45) is 0 Å². The van der Waals surface area contributed by atoms with Crippen LogP contribution in [0.4, 0.5) is 8.78 Å². The van der Waals surface area contributed by atoms with Crippen molar-refractivity contribution in [1.29, 1.82) is 0 Å². The first-order valence-corrected chi connectivity index (χ1v) is 10.8. The maximum Gasteiger partial charge on any atom is 0.387 e. The fourth-order valence-electron chi connectivity index (χ4n) is 4.11. The number of benzene rings is 1. The number of nitrogens with zero attached hydrogens (tertiary/aromatic N) is 3. The van der Waals surface area contributed by atoms with Crippen LogP contribution in [0.15, 0.2) is 30.5 Å². The zero-order valence-electron chi connectivity index (χ0n) is 17.5. The first kappa shape index (κ1) is 22.0. The second-order valence-corrected chi connectivity index (χ2v) is 8.05. The van der Waals surface area contributed by atoms with E-state index >= 15 is 0 Å². The Kier molecular flexibility index (Phi) is 7.37. The molecule has 1 aliphatic carbocycles. The van der Waals surface area contributed by atoms with E-state index in [-0.39, 0.29) is 11.9 Å². The minimum atomic E-state index is -2.91. The van der Waals surface area contributed by atoms with Gasteiger partial charge in [-0.15, -0.1) is 0 Å². The molecule has 1 N–H and O–H groups in total. The average molecular weight is 437 g/mol. The van der Waals surface area contributed by atoms with E-state index in [2.05, 4.69) is 14.7 Å². The summed E-state index contributed by atoms with van der Waals surface area (Å²) in [5, 5.41) is 15.0. The molecular formula is C22H29F2N3O4. The van der Waals surface area contributed by atoms with Gasteiger partial charge in [0.1, 0.15) is 0 Å². The Labute approximate surface area is 180 Å². The van der Waals surface area contributed by atoms with E-state index in [1.165, 1.54) is 6.07 Å². The van der Waals surface area contributed by atoms with E-state index in [4.69, 9.17) is 9.47 Å². The number of alkyl halides is 2. The van der Waals surface area contributed by atoms with Crippen molar-refractivity contribution in [2.75, 3.05) is 32.8 Å². The first-order valence-electron chi connectivity index (χ1n) is 10.8. The van der Waals surface area contributed by atoms with Crippen LogP contribution in [-0.4, -0.2) is 71.5 Å². The van der Waals surface area contributed by atoms with Crippen LogP contribution >= 0.6 is 0 Å². The summed E-state index contributed by atoms with van der Waals surface area (Å²) in [4.78, 5) is 2.17. The van der Waals surface area contributed by atoms with Gasteiger partial charge in [-0.3, -0.25) is 9.58 Å².